The van der Waals surface area contributed by atoms with E-state index in [2.05, 4.69) is 19.6 Å². The van der Waals surface area contributed by atoms with Gasteiger partial charge in [-0.25, -0.2) is 0 Å². The number of rotatable bonds is 5. The third-order valence-corrected chi connectivity index (χ3v) is 6.07. The van der Waals surface area contributed by atoms with E-state index in [1.807, 2.05) is 30.3 Å². The van der Waals surface area contributed by atoms with Crippen LogP contribution in [0.25, 0.3) is 11.4 Å². The lowest BCUT2D eigenvalue weighted by Gasteiger charge is -2.37. The van der Waals surface area contributed by atoms with Gasteiger partial charge in [0.1, 0.15) is 0 Å². The van der Waals surface area contributed by atoms with Crippen LogP contribution in [-0.2, 0) is 9.53 Å². The van der Waals surface area contributed by atoms with Gasteiger partial charge in [0.25, 0.3) is 0 Å². The molecule has 1 aromatic heterocycles. The molecule has 4 rings (SSSR count). The van der Waals surface area contributed by atoms with E-state index in [0.29, 0.717) is 16.9 Å². The van der Waals surface area contributed by atoms with Gasteiger partial charge in [-0.15, -0.1) is 0 Å². The van der Waals surface area contributed by atoms with Crippen LogP contribution in [0.5, 0.6) is 0 Å². The zero-order valence-corrected chi connectivity index (χ0v) is 16.3. The van der Waals surface area contributed by atoms with E-state index in [-0.39, 0.29) is 11.9 Å². The number of carbonyl (C=O) groups is 1. The van der Waals surface area contributed by atoms with Gasteiger partial charge in [-0.1, -0.05) is 36.8 Å². The first-order valence-corrected chi connectivity index (χ1v) is 10.6. The van der Waals surface area contributed by atoms with Crippen molar-refractivity contribution < 1.29 is 9.53 Å². The summed E-state index contributed by atoms with van der Waals surface area (Å²) in [5.74, 6) is 1.36. The molecule has 0 saturated carbocycles. The molecule has 2 saturated heterocycles. The molecule has 7 heteroatoms. The molecule has 2 aromatic rings. The van der Waals surface area contributed by atoms with Crippen LogP contribution in [0.3, 0.4) is 0 Å². The Kier molecular flexibility index (Phi) is 6.11. The molecule has 1 unspecified atom stereocenters. The standard InChI is InChI=1S/C20H26N4O2S/c25-19(22-20-21-18(23-27-20)16-6-2-1-3-7-16)17-8-4-5-11-24(17)14-15-9-12-26-13-10-15/h1-3,6-7,15,17H,4-5,8-14H2,(H,21,22,23,25). The lowest BCUT2D eigenvalue weighted by Crippen LogP contribution is -2.49. The second-order valence-corrected chi connectivity index (χ2v) is 8.09. The molecule has 1 amide bonds. The number of hydrogen-bond acceptors (Lipinski definition) is 6. The normalized spacial score (nSPS) is 21.9. The molecule has 1 atom stereocenters. The minimum absolute atomic E-state index is 0.0533. The Hall–Kier alpha value is -1.83. The Morgan fingerprint density at radius 1 is 1.19 bits per heavy atom. The molecule has 1 aromatic carbocycles. The first-order valence-electron chi connectivity index (χ1n) is 9.81. The topological polar surface area (TPSA) is 67.4 Å². The van der Waals surface area contributed by atoms with Crippen molar-refractivity contribution in [2.24, 2.45) is 5.92 Å². The molecule has 6 nitrogen and oxygen atoms in total. The number of nitrogens with one attached hydrogen (secondary N) is 1. The first-order chi connectivity index (χ1) is 13.3. The largest absolute Gasteiger partial charge is 0.381 e. The maximum absolute atomic E-state index is 12.9. The minimum atomic E-state index is -0.0642. The highest BCUT2D eigenvalue weighted by Crippen LogP contribution is 2.25. The average Bonchev–Trinajstić information content (AvgIpc) is 3.18. The summed E-state index contributed by atoms with van der Waals surface area (Å²) in [7, 11) is 0. The summed E-state index contributed by atoms with van der Waals surface area (Å²) in [6.07, 6.45) is 5.39. The molecule has 2 aliphatic heterocycles. The fourth-order valence-electron chi connectivity index (χ4n) is 3.93. The van der Waals surface area contributed by atoms with Gasteiger partial charge in [-0.2, -0.15) is 9.36 Å². The number of hydrogen-bond donors (Lipinski definition) is 1. The molecule has 144 valence electrons. The molecule has 0 bridgehead atoms. The van der Waals surface area contributed by atoms with E-state index in [9.17, 15) is 4.79 Å². The second-order valence-electron chi connectivity index (χ2n) is 7.34. The van der Waals surface area contributed by atoms with Crippen LogP contribution >= 0.6 is 11.5 Å². The fraction of sp³-hybridized carbons (Fsp3) is 0.550. The Morgan fingerprint density at radius 2 is 2.00 bits per heavy atom. The Morgan fingerprint density at radius 3 is 2.81 bits per heavy atom. The SMILES string of the molecule is O=C(Nc1nc(-c2ccccc2)ns1)C1CCCCN1CC1CCOCC1. The van der Waals surface area contributed by atoms with E-state index in [1.54, 1.807) is 0 Å². The maximum atomic E-state index is 12.9. The predicted molar refractivity (Wildman–Crippen MR) is 107 cm³/mol. The number of likely N-dealkylation sites (tertiary alicyclic amines) is 1. The van der Waals surface area contributed by atoms with Crippen molar-refractivity contribution in [3.63, 3.8) is 0 Å². The zero-order chi connectivity index (χ0) is 18.5. The summed E-state index contributed by atoms with van der Waals surface area (Å²) in [5, 5.41) is 3.59. The van der Waals surface area contributed by atoms with Gasteiger partial charge in [-0.3, -0.25) is 15.0 Å². The van der Waals surface area contributed by atoms with Crippen LogP contribution in [0, 0.1) is 5.92 Å². The number of aromatic nitrogens is 2. The Labute approximate surface area is 164 Å². The molecule has 27 heavy (non-hydrogen) atoms. The summed E-state index contributed by atoms with van der Waals surface area (Å²) < 4.78 is 9.85. The highest BCUT2D eigenvalue weighted by Gasteiger charge is 2.31. The number of nitrogens with zero attached hydrogens (tertiary/aromatic N) is 3. The third-order valence-electron chi connectivity index (χ3n) is 5.44. The van der Waals surface area contributed by atoms with Crippen molar-refractivity contribution in [2.45, 2.75) is 38.1 Å². The molecule has 2 aliphatic rings. The molecule has 0 aliphatic carbocycles. The summed E-state index contributed by atoms with van der Waals surface area (Å²) in [6, 6.07) is 9.78. The van der Waals surface area contributed by atoms with Gasteiger partial charge in [0.05, 0.1) is 6.04 Å². The minimum Gasteiger partial charge on any atom is -0.381 e. The number of anilines is 1. The maximum Gasteiger partial charge on any atom is 0.243 e. The molecule has 0 radical (unpaired) electrons. The lowest BCUT2D eigenvalue weighted by molar-refractivity contribution is -0.122. The number of ether oxygens (including phenoxy) is 1. The predicted octanol–water partition coefficient (Wildman–Crippen LogP) is 3.42. The first kappa shape index (κ1) is 18.5. The van der Waals surface area contributed by atoms with Crippen LogP contribution < -0.4 is 5.32 Å². The third kappa shape index (κ3) is 4.72. The van der Waals surface area contributed by atoms with Crippen LogP contribution in [0.1, 0.15) is 32.1 Å². The van der Waals surface area contributed by atoms with Crippen molar-refractivity contribution >= 4 is 22.6 Å². The van der Waals surface area contributed by atoms with Gasteiger partial charge in [0.2, 0.25) is 11.0 Å². The van der Waals surface area contributed by atoms with E-state index in [0.717, 1.165) is 57.6 Å². The monoisotopic (exact) mass is 386 g/mol. The van der Waals surface area contributed by atoms with Crippen LogP contribution in [0.4, 0.5) is 5.13 Å². The molecule has 2 fully saturated rings. The number of amides is 1. The van der Waals surface area contributed by atoms with Crippen LogP contribution in [-0.4, -0.2) is 52.5 Å². The quantitative estimate of drug-likeness (QED) is 0.853. The zero-order valence-electron chi connectivity index (χ0n) is 15.5. The van der Waals surface area contributed by atoms with Crippen molar-refractivity contribution in [2.75, 3.05) is 31.6 Å². The van der Waals surface area contributed by atoms with E-state index < -0.39 is 0 Å². The summed E-state index contributed by atoms with van der Waals surface area (Å²) in [4.78, 5) is 19.8. The summed E-state index contributed by atoms with van der Waals surface area (Å²) >= 11 is 1.25. The molecular weight excluding hydrogens is 360 g/mol. The van der Waals surface area contributed by atoms with Gasteiger partial charge in [0.15, 0.2) is 5.82 Å². The van der Waals surface area contributed by atoms with Gasteiger partial charge in [-0.05, 0) is 38.1 Å². The second kappa shape index (κ2) is 8.91. The van der Waals surface area contributed by atoms with Gasteiger partial charge in [0, 0.05) is 36.9 Å². The van der Waals surface area contributed by atoms with Crippen LogP contribution in [0.15, 0.2) is 30.3 Å². The van der Waals surface area contributed by atoms with Crippen molar-refractivity contribution in [1.29, 1.82) is 0 Å². The molecule has 0 spiro atoms. The Bertz CT molecular complexity index is 745. The van der Waals surface area contributed by atoms with Gasteiger partial charge < -0.3 is 4.74 Å². The number of carbonyl (C=O) groups excluding carboxylic acids is 1. The van der Waals surface area contributed by atoms with E-state index >= 15 is 0 Å². The lowest BCUT2D eigenvalue weighted by atomic mass is 9.95. The van der Waals surface area contributed by atoms with Gasteiger partial charge >= 0.3 is 0 Å². The van der Waals surface area contributed by atoms with Crippen molar-refractivity contribution in [1.82, 2.24) is 14.3 Å². The summed E-state index contributed by atoms with van der Waals surface area (Å²) in [5.41, 5.74) is 0.966. The molecule has 1 N–H and O–H groups in total. The summed E-state index contributed by atoms with van der Waals surface area (Å²) in [6.45, 7) is 3.69. The fourth-order valence-corrected chi connectivity index (χ4v) is 4.53. The number of benzene rings is 1. The highest BCUT2D eigenvalue weighted by molar-refractivity contribution is 7.10. The Balaban J connectivity index is 1.39. The highest BCUT2D eigenvalue weighted by atomic mass is 32.1. The van der Waals surface area contributed by atoms with Crippen LogP contribution in [0.2, 0.25) is 0 Å². The molecule has 3 heterocycles. The molecular formula is C20H26N4O2S. The number of piperidine rings is 1. The van der Waals surface area contributed by atoms with E-state index in [1.165, 1.54) is 18.0 Å². The smallest absolute Gasteiger partial charge is 0.243 e. The van der Waals surface area contributed by atoms with Crippen molar-refractivity contribution in [3.05, 3.63) is 30.3 Å². The van der Waals surface area contributed by atoms with Crippen molar-refractivity contribution in [3.8, 4) is 11.4 Å². The van der Waals surface area contributed by atoms with E-state index in [4.69, 9.17) is 4.74 Å². The average molecular weight is 387 g/mol.